The van der Waals surface area contributed by atoms with Crippen LogP contribution >= 0.6 is 15.9 Å². The van der Waals surface area contributed by atoms with E-state index in [4.69, 9.17) is 4.74 Å². The number of carbonyl (C=O) groups excluding carboxylic acids is 1. The van der Waals surface area contributed by atoms with Gasteiger partial charge in [-0.15, -0.1) is 0 Å². The molecule has 180 valence electrons. The number of carbonyl (C=O) groups is 1. The molecule has 0 aliphatic carbocycles. The van der Waals surface area contributed by atoms with Crippen LogP contribution in [0.1, 0.15) is 30.9 Å². The molecule has 0 radical (unpaired) electrons. The predicted molar refractivity (Wildman–Crippen MR) is 132 cm³/mol. The third-order valence-corrected chi connectivity index (χ3v) is 6.52. The Hall–Kier alpha value is -2.75. The van der Waals surface area contributed by atoms with Gasteiger partial charge in [0.1, 0.15) is 18.2 Å². The Labute approximate surface area is 206 Å². The van der Waals surface area contributed by atoms with Gasteiger partial charge in [0.15, 0.2) is 6.10 Å². The number of hydrogen-bond donors (Lipinski definition) is 2. The fourth-order valence-corrected chi connectivity index (χ4v) is 4.67. The summed E-state index contributed by atoms with van der Waals surface area (Å²) in [7, 11) is 1.83. The summed E-state index contributed by atoms with van der Waals surface area (Å²) in [5, 5.41) is 17.4. The minimum Gasteiger partial charge on any atom is -0.492 e. The van der Waals surface area contributed by atoms with Crippen molar-refractivity contribution in [3.05, 3.63) is 64.5 Å². The number of hydrogen-bond acceptors (Lipinski definition) is 5. The highest BCUT2D eigenvalue weighted by atomic mass is 79.9. The first kappa shape index (κ1) is 24.4. The number of amides is 1. The zero-order valence-electron chi connectivity index (χ0n) is 19.0. The average molecular weight is 531 g/mol. The van der Waals surface area contributed by atoms with Crippen LogP contribution in [0.5, 0.6) is 5.75 Å². The van der Waals surface area contributed by atoms with E-state index in [-0.39, 0.29) is 0 Å². The van der Waals surface area contributed by atoms with E-state index in [1.54, 1.807) is 23.0 Å². The van der Waals surface area contributed by atoms with E-state index in [0.717, 1.165) is 35.4 Å². The van der Waals surface area contributed by atoms with Crippen molar-refractivity contribution in [3.8, 4) is 17.0 Å². The third kappa shape index (κ3) is 5.84. The van der Waals surface area contributed by atoms with Gasteiger partial charge in [0.25, 0.3) is 5.91 Å². The summed E-state index contributed by atoms with van der Waals surface area (Å²) >= 11 is 3.55. The number of anilines is 1. The van der Waals surface area contributed by atoms with Gasteiger partial charge >= 0.3 is 0 Å². The number of halogens is 2. The molecule has 1 aromatic heterocycles. The van der Waals surface area contributed by atoms with Crippen LogP contribution in [-0.4, -0.2) is 51.9 Å². The third-order valence-electron chi connectivity index (χ3n) is 5.94. The highest BCUT2D eigenvalue weighted by Gasteiger charge is 2.20. The average Bonchev–Trinajstić information content (AvgIpc) is 3.18. The largest absolute Gasteiger partial charge is 0.492 e. The molecule has 0 bridgehead atoms. The molecule has 9 heteroatoms. The Kier molecular flexibility index (Phi) is 7.97. The van der Waals surface area contributed by atoms with E-state index in [1.807, 2.05) is 13.1 Å². The van der Waals surface area contributed by atoms with Gasteiger partial charge < -0.3 is 15.2 Å². The number of nitrogens with one attached hydrogen (secondary N) is 1. The van der Waals surface area contributed by atoms with Crippen molar-refractivity contribution in [1.29, 1.82) is 0 Å². The molecule has 7 nitrogen and oxygen atoms in total. The number of aliphatic hydroxyl groups excluding tert-OH is 1. The number of likely N-dealkylation sites (tertiary alicyclic amines) is 1. The highest BCUT2D eigenvalue weighted by Crippen LogP contribution is 2.37. The van der Waals surface area contributed by atoms with E-state index in [1.165, 1.54) is 43.5 Å². The first-order valence-corrected chi connectivity index (χ1v) is 12.1. The topological polar surface area (TPSA) is 79.6 Å². The normalized spacial score (nSPS) is 15.2. The van der Waals surface area contributed by atoms with Gasteiger partial charge in [-0.3, -0.25) is 14.4 Å². The lowest BCUT2D eigenvalue weighted by Crippen LogP contribution is -2.33. The van der Waals surface area contributed by atoms with Gasteiger partial charge in [0.05, 0.1) is 16.4 Å². The van der Waals surface area contributed by atoms with Gasteiger partial charge in [0, 0.05) is 24.8 Å². The number of aliphatic hydroxyl groups is 1. The lowest BCUT2D eigenvalue weighted by molar-refractivity contribution is -0.124. The molecule has 34 heavy (non-hydrogen) atoms. The molecule has 1 saturated heterocycles. The Morgan fingerprint density at radius 3 is 2.62 bits per heavy atom. The molecule has 4 rings (SSSR count). The second-order valence-corrected chi connectivity index (χ2v) is 9.22. The first-order chi connectivity index (χ1) is 16.4. The van der Waals surface area contributed by atoms with Crippen LogP contribution in [0, 0.1) is 5.82 Å². The molecule has 0 spiro atoms. The number of ether oxygens (including phenoxy) is 1. The van der Waals surface area contributed by atoms with Crippen LogP contribution in [0.2, 0.25) is 0 Å². The molecule has 1 unspecified atom stereocenters. The fourth-order valence-electron chi connectivity index (χ4n) is 4.11. The molecule has 1 atom stereocenters. The van der Waals surface area contributed by atoms with E-state index < -0.39 is 17.8 Å². The predicted octanol–water partition coefficient (Wildman–Crippen LogP) is 4.53. The molecule has 2 aromatic carbocycles. The van der Waals surface area contributed by atoms with Gasteiger partial charge in [-0.25, -0.2) is 4.39 Å². The van der Waals surface area contributed by atoms with Gasteiger partial charge in [0.2, 0.25) is 0 Å². The summed E-state index contributed by atoms with van der Waals surface area (Å²) in [5.41, 5.74) is 2.38. The Balaban J connectivity index is 1.52. The molecule has 1 amide bonds. The SMILES string of the molecule is Cn1ncc(Br)c1-c1cc(NC(=O)C(O)c2ccc(F)cc2)ccc1OCCN1CCCCC1. The summed E-state index contributed by atoms with van der Waals surface area (Å²) in [4.78, 5) is 15.1. The van der Waals surface area contributed by atoms with Crippen molar-refractivity contribution < 1.29 is 19.0 Å². The summed E-state index contributed by atoms with van der Waals surface area (Å²) in [6, 6.07) is 10.5. The number of rotatable bonds is 8. The molecule has 2 N–H and O–H groups in total. The number of aromatic nitrogens is 2. The summed E-state index contributed by atoms with van der Waals surface area (Å²) < 4.78 is 21.9. The van der Waals surface area contributed by atoms with E-state index >= 15 is 0 Å². The van der Waals surface area contributed by atoms with Crippen LogP contribution in [0.15, 0.2) is 53.1 Å². The standard InChI is InChI=1S/C25H28BrFN4O3/c1-30-23(21(26)16-28-30)20-15-19(29-25(33)24(32)17-5-7-18(27)8-6-17)9-10-22(20)34-14-13-31-11-3-2-4-12-31/h5-10,15-16,24,32H,2-4,11-14H2,1H3,(H,29,33). The van der Waals surface area contributed by atoms with Gasteiger partial charge in [-0.1, -0.05) is 18.6 Å². The van der Waals surface area contributed by atoms with Crippen LogP contribution < -0.4 is 10.1 Å². The maximum absolute atomic E-state index is 13.2. The minimum absolute atomic E-state index is 0.311. The summed E-state index contributed by atoms with van der Waals surface area (Å²) in [6.45, 7) is 3.61. The van der Waals surface area contributed by atoms with Crippen LogP contribution in [-0.2, 0) is 11.8 Å². The molecule has 1 fully saturated rings. The number of benzene rings is 2. The maximum Gasteiger partial charge on any atom is 0.257 e. The van der Waals surface area contributed by atoms with E-state index in [0.29, 0.717) is 23.6 Å². The number of nitrogens with zero attached hydrogens (tertiary/aromatic N) is 3. The highest BCUT2D eigenvalue weighted by molar-refractivity contribution is 9.10. The van der Waals surface area contributed by atoms with Crippen molar-refractivity contribution in [3.63, 3.8) is 0 Å². The van der Waals surface area contributed by atoms with E-state index in [2.05, 4.69) is 31.2 Å². The summed E-state index contributed by atoms with van der Waals surface area (Å²) in [5.74, 6) is -0.364. The molecule has 0 saturated carbocycles. The van der Waals surface area contributed by atoms with Crippen LogP contribution in [0.25, 0.3) is 11.3 Å². The first-order valence-electron chi connectivity index (χ1n) is 11.3. The Bertz CT molecular complexity index is 1110. The second kappa shape index (κ2) is 11.1. The van der Waals surface area contributed by atoms with Crippen molar-refractivity contribution in [2.45, 2.75) is 25.4 Å². The van der Waals surface area contributed by atoms with Crippen molar-refractivity contribution in [2.75, 3.05) is 31.6 Å². The zero-order valence-corrected chi connectivity index (χ0v) is 20.6. The molecular weight excluding hydrogens is 503 g/mol. The Morgan fingerprint density at radius 1 is 1.21 bits per heavy atom. The van der Waals surface area contributed by atoms with Crippen molar-refractivity contribution >= 4 is 27.5 Å². The minimum atomic E-state index is -1.42. The van der Waals surface area contributed by atoms with Gasteiger partial charge in [-0.05, 0) is 77.8 Å². The quantitative estimate of drug-likeness (QED) is 0.447. The fraction of sp³-hybridized carbons (Fsp3) is 0.360. The van der Waals surface area contributed by atoms with Crippen molar-refractivity contribution in [1.82, 2.24) is 14.7 Å². The monoisotopic (exact) mass is 530 g/mol. The van der Waals surface area contributed by atoms with E-state index in [9.17, 15) is 14.3 Å². The molecule has 1 aliphatic rings. The maximum atomic E-state index is 13.2. The second-order valence-electron chi connectivity index (χ2n) is 8.37. The number of piperidine rings is 1. The molecule has 1 aliphatic heterocycles. The lowest BCUT2D eigenvalue weighted by atomic mass is 10.1. The Morgan fingerprint density at radius 2 is 1.94 bits per heavy atom. The van der Waals surface area contributed by atoms with Gasteiger partial charge in [-0.2, -0.15) is 5.10 Å². The van der Waals surface area contributed by atoms with Crippen molar-refractivity contribution in [2.24, 2.45) is 7.05 Å². The van der Waals surface area contributed by atoms with Crippen LogP contribution in [0.4, 0.5) is 10.1 Å². The zero-order chi connectivity index (χ0) is 24.1. The molecule has 2 heterocycles. The lowest BCUT2D eigenvalue weighted by Gasteiger charge is -2.26. The smallest absolute Gasteiger partial charge is 0.257 e. The molecular formula is C25H28BrFN4O3. The molecule has 3 aromatic rings. The summed E-state index contributed by atoms with van der Waals surface area (Å²) in [6.07, 6.45) is 4.03. The van der Waals surface area contributed by atoms with Crippen LogP contribution in [0.3, 0.4) is 0 Å². The number of aryl methyl sites for hydroxylation is 1.